The van der Waals surface area contributed by atoms with E-state index < -0.39 is 0 Å². The number of carbonyl (C=O) groups excluding carboxylic acids is 1. The maximum Gasteiger partial charge on any atom is 0.240 e. The van der Waals surface area contributed by atoms with Gasteiger partial charge < -0.3 is 9.72 Å². The third-order valence-electron chi connectivity index (χ3n) is 3.87. The van der Waals surface area contributed by atoms with E-state index in [1.54, 1.807) is 23.8 Å². The Bertz CT molecular complexity index is 827. The van der Waals surface area contributed by atoms with Gasteiger partial charge in [0.15, 0.2) is 0 Å². The molecular weight excluding hydrogens is 310 g/mol. The first-order valence-electron chi connectivity index (χ1n) is 7.28. The zero-order chi connectivity index (χ0) is 15.8. The number of fused-ring (bicyclic) bond motifs is 1. The number of aromatic amines is 1. The van der Waals surface area contributed by atoms with Crippen molar-refractivity contribution in [3.05, 3.63) is 54.1 Å². The van der Waals surface area contributed by atoms with E-state index in [4.69, 9.17) is 4.74 Å². The molecule has 1 N–H and O–H groups in total. The molecule has 1 unspecified atom stereocenters. The van der Waals surface area contributed by atoms with E-state index in [1.165, 1.54) is 0 Å². The lowest BCUT2D eigenvalue weighted by Crippen LogP contribution is -2.28. The van der Waals surface area contributed by atoms with E-state index in [-0.39, 0.29) is 11.3 Å². The van der Waals surface area contributed by atoms with Gasteiger partial charge in [-0.1, -0.05) is 24.3 Å². The van der Waals surface area contributed by atoms with Crippen LogP contribution in [0.1, 0.15) is 10.9 Å². The molecule has 1 atom stereocenters. The second-order valence-electron chi connectivity index (χ2n) is 5.28. The maximum atomic E-state index is 12.4. The molecule has 2 aromatic carbocycles. The summed E-state index contributed by atoms with van der Waals surface area (Å²) in [6.45, 7) is 0. The molecule has 6 heteroatoms. The van der Waals surface area contributed by atoms with Crippen molar-refractivity contribution >= 4 is 34.7 Å². The molecule has 0 radical (unpaired) electrons. The molecule has 0 aliphatic carbocycles. The number of methoxy groups -OCH3 is 1. The highest BCUT2D eigenvalue weighted by molar-refractivity contribution is 8.00. The maximum absolute atomic E-state index is 12.4. The molecule has 2 heterocycles. The summed E-state index contributed by atoms with van der Waals surface area (Å²) >= 11 is 1.61. The first-order chi connectivity index (χ1) is 11.3. The average molecular weight is 325 g/mol. The molecule has 0 saturated carbocycles. The van der Waals surface area contributed by atoms with Crippen molar-refractivity contribution in [2.24, 2.45) is 0 Å². The van der Waals surface area contributed by atoms with Crippen LogP contribution in [0.2, 0.25) is 0 Å². The number of rotatable bonds is 3. The van der Waals surface area contributed by atoms with E-state index >= 15 is 0 Å². The molecule has 5 nitrogen and oxygen atoms in total. The number of hydrogen-bond donors (Lipinski definition) is 1. The number of aromatic nitrogens is 2. The van der Waals surface area contributed by atoms with Gasteiger partial charge in [-0.2, -0.15) is 0 Å². The van der Waals surface area contributed by atoms with Gasteiger partial charge in [0.2, 0.25) is 11.9 Å². The molecule has 116 valence electrons. The van der Waals surface area contributed by atoms with Gasteiger partial charge in [-0.3, -0.25) is 9.69 Å². The van der Waals surface area contributed by atoms with Crippen molar-refractivity contribution in [2.45, 2.75) is 5.37 Å². The van der Waals surface area contributed by atoms with Crippen LogP contribution in [0.15, 0.2) is 48.5 Å². The highest BCUT2D eigenvalue weighted by Gasteiger charge is 2.35. The minimum Gasteiger partial charge on any atom is -0.497 e. The SMILES string of the molecule is COc1ccc(C2SCC(=O)N2c2nc3ccccc3[nH]2)cc1. The Hall–Kier alpha value is -2.47. The molecule has 1 aliphatic rings. The van der Waals surface area contributed by atoms with Crippen LogP contribution in [0.4, 0.5) is 5.95 Å². The van der Waals surface area contributed by atoms with Gasteiger partial charge in [0.25, 0.3) is 0 Å². The van der Waals surface area contributed by atoms with Crippen molar-refractivity contribution in [1.29, 1.82) is 0 Å². The number of amides is 1. The van der Waals surface area contributed by atoms with E-state index in [0.29, 0.717) is 11.7 Å². The summed E-state index contributed by atoms with van der Waals surface area (Å²) in [6.07, 6.45) is 0. The number of ether oxygens (including phenoxy) is 1. The van der Waals surface area contributed by atoms with Crippen LogP contribution in [0.3, 0.4) is 0 Å². The van der Waals surface area contributed by atoms with Gasteiger partial charge >= 0.3 is 0 Å². The van der Waals surface area contributed by atoms with Gasteiger partial charge in [0.1, 0.15) is 11.1 Å². The Morgan fingerprint density at radius 3 is 2.74 bits per heavy atom. The largest absolute Gasteiger partial charge is 0.497 e. The van der Waals surface area contributed by atoms with Crippen molar-refractivity contribution < 1.29 is 9.53 Å². The zero-order valence-electron chi connectivity index (χ0n) is 12.5. The van der Waals surface area contributed by atoms with Crippen LogP contribution in [0.25, 0.3) is 11.0 Å². The standard InChI is InChI=1S/C17H15N3O2S/c1-22-12-8-6-11(7-9-12)16-20(15(21)10-23-16)17-18-13-4-2-3-5-14(13)19-17/h2-9,16H,10H2,1H3,(H,18,19). The molecule has 1 aliphatic heterocycles. The fraction of sp³-hybridized carbons (Fsp3) is 0.176. The lowest BCUT2D eigenvalue weighted by Gasteiger charge is -2.21. The number of benzene rings is 2. The van der Waals surface area contributed by atoms with Crippen LogP contribution in [-0.4, -0.2) is 28.7 Å². The molecule has 1 saturated heterocycles. The Balaban J connectivity index is 1.73. The number of nitrogens with zero attached hydrogens (tertiary/aromatic N) is 2. The fourth-order valence-electron chi connectivity index (χ4n) is 2.72. The predicted octanol–water partition coefficient (Wildman–Crippen LogP) is 3.35. The number of H-pyrrole nitrogens is 1. The molecule has 23 heavy (non-hydrogen) atoms. The van der Waals surface area contributed by atoms with Crippen LogP contribution in [-0.2, 0) is 4.79 Å². The predicted molar refractivity (Wildman–Crippen MR) is 91.8 cm³/mol. The highest BCUT2D eigenvalue weighted by atomic mass is 32.2. The Morgan fingerprint density at radius 1 is 1.22 bits per heavy atom. The summed E-state index contributed by atoms with van der Waals surface area (Å²) in [5.41, 5.74) is 2.85. The van der Waals surface area contributed by atoms with Crippen LogP contribution in [0, 0.1) is 0 Å². The second-order valence-corrected chi connectivity index (χ2v) is 6.35. The van der Waals surface area contributed by atoms with Gasteiger partial charge in [0, 0.05) is 0 Å². The van der Waals surface area contributed by atoms with Crippen LogP contribution >= 0.6 is 11.8 Å². The minimum atomic E-state index is -0.0750. The normalized spacial score (nSPS) is 17.9. The summed E-state index contributed by atoms with van der Waals surface area (Å²) in [6, 6.07) is 15.6. The van der Waals surface area contributed by atoms with Gasteiger partial charge in [-0.15, -0.1) is 11.8 Å². The number of carbonyl (C=O) groups is 1. The van der Waals surface area contributed by atoms with E-state index in [0.717, 1.165) is 22.3 Å². The number of hydrogen-bond acceptors (Lipinski definition) is 4. The summed E-state index contributed by atoms with van der Waals surface area (Å²) < 4.78 is 5.20. The average Bonchev–Trinajstić information content (AvgIpc) is 3.17. The monoisotopic (exact) mass is 325 g/mol. The van der Waals surface area contributed by atoms with Crippen LogP contribution < -0.4 is 9.64 Å². The number of nitrogens with one attached hydrogen (secondary N) is 1. The molecule has 1 amide bonds. The lowest BCUT2D eigenvalue weighted by atomic mass is 10.2. The van der Waals surface area contributed by atoms with Crippen molar-refractivity contribution in [1.82, 2.24) is 9.97 Å². The number of anilines is 1. The molecule has 4 rings (SSSR count). The van der Waals surface area contributed by atoms with Gasteiger partial charge in [-0.25, -0.2) is 4.98 Å². The highest BCUT2D eigenvalue weighted by Crippen LogP contribution is 2.41. The van der Waals surface area contributed by atoms with Crippen molar-refractivity contribution in [3.63, 3.8) is 0 Å². The minimum absolute atomic E-state index is 0.0647. The Labute approximate surface area is 137 Å². The number of para-hydroxylation sites is 2. The fourth-order valence-corrected chi connectivity index (χ4v) is 3.88. The second kappa shape index (κ2) is 5.62. The summed E-state index contributed by atoms with van der Waals surface area (Å²) in [4.78, 5) is 21.9. The topological polar surface area (TPSA) is 58.2 Å². The molecule has 3 aromatic rings. The summed E-state index contributed by atoms with van der Waals surface area (Å²) in [5.74, 6) is 1.92. The first kappa shape index (κ1) is 14.1. The first-order valence-corrected chi connectivity index (χ1v) is 8.33. The van der Waals surface area contributed by atoms with Gasteiger partial charge in [0.05, 0.1) is 23.9 Å². The van der Waals surface area contributed by atoms with E-state index in [2.05, 4.69) is 9.97 Å². The van der Waals surface area contributed by atoms with Gasteiger partial charge in [-0.05, 0) is 29.8 Å². The number of thioether (sulfide) groups is 1. The molecule has 1 aromatic heterocycles. The summed E-state index contributed by atoms with van der Waals surface area (Å²) in [5, 5.41) is -0.0750. The Morgan fingerprint density at radius 2 is 2.00 bits per heavy atom. The third kappa shape index (κ3) is 2.45. The molecule has 0 bridgehead atoms. The smallest absolute Gasteiger partial charge is 0.240 e. The Kier molecular flexibility index (Phi) is 3.46. The summed E-state index contributed by atoms with van der Waals surface area (Å²) in [7, 11) is 1.64. The third-order valence-corrected chi connectivity index (χ3v) is 5.09. The van der Waals surface area contributed by atoms with Crippen molar-refractivity contribution in [2.75, 3.05) is 17.8 Å². The molecule has 0 spiro atoms. The molecule has 1 fully saturated rings. The van der Waals surface area contributed by atoms with E-state index in [9.17, 15) is 4.79 Å². The zero-order valence-corrected chi connectivity index (χ0v) is 13.3. The number of imidazole rings is 1. The molecular formula is C17H15N3O2S. The lowest BCUT2D eigenvalue weighted by molar-refractivity contribution is -0.115. The van der Waals surface area contributed by atoms with Crippen molar-refractivity contribution in [3.8, 4) is 5.75 Å². The van der Waals surface area contributed by atoms with E-state index in [1.807, 2.05) is 48.5 Å². The quantitative estimate of drug-likeness (QED) is 0.802. The van der Waals surface area contributed by atoms with Crippen LogP contribution in [0.5, 0.6) is 5.75 Å².